The number of aromatic nitrogens is 1. The van der Waals surface area contributed by atoms with Gasteiger partial charge in [-0.1, -0.05) is 24.3 Å². The molecule has 2 aliphatic carbocycles. The smallest absolute Gasteiger partial charge is 0.251 e. The zero-order chi connectivity index (χ0) is 23.9. The second-order valence-electron chi connectivity index (χ2n) is 10.6. The van der Waals surface area contributed by atoms with Crippen LogP contribution in [0.15, 0.2) is 54.4 Å². The van der Waals surface area contributed by atoms with Gasteiger partial charge < -0.3 is 20.3 Å². The van der Waals surface area contributed by atoms with E-state index in [9.17, 15) is 4.79 Å². The van der Waals surface area contributed by atoms with E-state index >= 15 is 0 Å². The van der Waals surface area contributed by atoms with Crippen LogP contribution in [0.5, 0.6) is 0 Å². The van der Waals surface area contributed by atoms with Gasteiger partial charge in [-0.3, -0.25) is 4.79 Å². The number of hydrogen-bond acceptors (Lipinski definition) is 5. The van der Waals surface area contributed by atoms with Crippen molar-refractivity contribution in [1.29, 1.82) is 0 Å². The summed E-state index contributed by atoms with van der Waals surface area (Å²) >= 11 is 0. The molecule has 1 aromatic carbocycles. The Morgan fingerprint density at radius 3 is 2.80 bits per heavy atom. The summed E-state index contributed by atoms with van der Waals surface area (Å²) in [6.45, 7) is 5.12. The molecule has 2 aromatic rings. The van der Waals surface area contributed by atoms with E-state index in [4.69, 9.17) is 9.72 Å². The van der Waals surface area contributed by atoms with E-state index in [1.807, 2.05) is 24.4 Å². The van der Waals surface area contributed by atoms with Gasteiger partial charge in [0.1, 0.15) is 11.6 Å². The van der Waals surface area contributed by atoms with Gasteiger partial charge in [0, 0.05) is 29.3 Å². The topological polar surface area (TPSA) is 66.5 Å². The molecule has 1 amide bonds. The highest BCUT2D eigenvalue weighted by atomic mass is 16.5. The average Bonchev–Trinajstić information content (AvgIpc) is 3.61. The van der Waals surface area contributed by atoms with E-state index in [1.54, 1.807) is 0 Å². The third-order valence-electron chi connectivity index (χ3n) is 7.78. The molecule has 2 atom stereocenters. The minimum Gasteiger partial charge on any atom is -0.495 e. The van der Waals surface area contributed by atoms with Crippen LogP contribution < -0.4 is 10.6 Å². The lowest BCUT2D eigenvalue weighted by molar-refractivity contribution is 0.0951. The van der Waals surface area contributed by atoms with Crippen LogP contribution >= 0.6 is 0 Å². The first kappa shape index (κ1) is 22.4. The molecular weight excluding hydrogens is 436 g/mol. The maximum Gasteiger partial charge on any atom is 0.251 e. The van der Waals surface area contributed by atoms with Crippen LogP contribution in [-0.4, -0.2) is 54.6 Å². The summed E-state index contributed by atoms with van der Waals surface area (Å²) in [5.41, 5.74) is 5.33. The van der Waals surface area contributed by atoms with Crippen molar-refractivity contribution in [2.45, 2.75) is 50.6 Å². The number of ether oxygens (including phenoxy) is 1. The summed E-state index contributed by atoms with van der Waals surface area (Å²) in [5, 5.41) is 6.76. The Hall–Kier alpha value is -3.12. The normalized spacial score (nSPS) is 24.1. The largest absolute Gasteiger partial charge is 0.495 e. The standard InChI is InChI=1S/C29H34N4O2/c1-18-14-24-26-23(20-4-3-5-21(15-20)29(34)31-22-6-7-22)8-9-25(27(26)32-28(24)30-16-18)35-17-19-10-12-33(2)13-11-19/h3-5,8-9,14-16,19,22,26-27H,6-7,10-13,17H2,1-2H3,(H,30,32)(H,31,34). The van der Waals surface area contributed by atoms with Gasteiger partial charge in [-0.2, -0.15) is 0 Å². The molecule has 6 rings (SSSR count). The zero-order valence-electron chi connectivity index (χ0n) is 20.6. The van der Waals surface area contributed by atoms with Crippen LogP contribution in [0.25, 0.3) is 5.57 Å². The summed E-state index contributed by atoms with van der Waals surface area (Å²) in [6.07, 6.45) is 10.8. The molecule has 0 spiro atoms. The molecule has 2 fully saturated rings. The van der Waals surface area contributed by atoms with Crippen molar-refractivity contribution in [3.63, 3.8) is 0 Å². The van der Waals surface area contributed by atoms with Gasteiger partial charge in [-0.25, -0.2) is 4.98 Å². The van der Waals surface area contributed by atoms with Gasteiger partial charge in [-0.05, 0) is 93.6 Å². The Balaban J connectivity index is 1.30. The average molecular weight is 471 g/mol. The Morgan fingerprint density at radius 1 is 1.17 bits per heavy atom. The fourth-order valence-corrected chi connectivity index (χ4v) is 5.51. The Morgan fingerprint density at radius 2 is 2.00 bits per heavy atom. The first-order valence-corrected chi connectivity index (χ1v) is 12.9. The number of aryl methyl sites for hydroxylation is 1. The van der Waals surface area contributed by atoms with Crippen LogP contribution in [0.3, 0.4) is 0 Å². The third kappa shape index (κ3) is 4.59. The summed E-state index contributed by atoms with van der Waals surface area (Å²) in [6, 6.07) is 10.6. The summed E-state index contributed by atoms with van der Waals surface area (Å²) < 4.78 is 6.47. The first-order chi connectivity index (χ1) is 17.0. The number of rotatable bonds is 6. The van der Waals surface area contributed by atoms with E-state index in [1.165, 1.54) is 24.0 Å². The van der Waals surface area contributed by atoms with Gasteiger partial charge in [0.05, 0.1) is 12.6 Å². The number of anilines is 1. The molecule has 1 aromatic heterocycles. The first-order valence-electron chi connectivity index (χ1n) is 12.9. The summed E-state index contributed by atoms with van der Waals surface area (Å²) in [7, 11) is 2.19. The maximum absolute atomic E-state index is 12.7. The van der Waals surface area contributed by atoms with Crippen LogP contribution in [0.4, 0.5) is 5.82 Å². The molecule has 1 saturated carbocycles. The molecule has 2 N–H and O–H groups in total. The molecule has 6 nitrogen and oxygen atoms in total. The van der Waals surface area contributed by atoms with Crippen molar-refractivity contribution in [3.8, 4) is 0 Å². The van der Waals surface area contributed by atoms with Gasteiger partial charge in [0.25, 0.3) is 5.91 Å². The fourth-order valence-electron chi connectivity index (χ4n) is 5.51. The monoisotopic (exact) mass is 470 g/mol. The van der Waals surface area contributed by atoms with Crippen LogP contribution in [0.2, 0.25) is 0 Å². The van der Waals surface area contributed by atoms with Crippen molar-refractivity contribution < 1.29 is 9.53 Å². The van der Waals surface area contributed by atoms with Crippen molar-refractivity contribution >= 4 is 17.3 Å². The van der Waals surface area contributed by atoms with Gasteiger partial charge in [0.2, 0.25) is 0 Å². The molecule has 0 radical (unpaired) electrons. The van der Waals surface area contributed by atoms with E-state index < -0.39 is 0 Å². The van der Waals surface area contributed by atoms with Crippen LogP contribution in [0.1, 0.15) is 58.6 Å². The number of carbonyl (C=O) groups is 1. The lowest BCUT2D eigenvalue weighted by atomic mass is 9.80. The molecule has 6 heteroatoms. The molecule has 2 aliphatic heterocycles. The zero-order valence-corrected chi connectivity index (χ0v) is 20.6. The molecule has 2 unspecified atom stereocenters. The lowest BCUT2D eigenvalue weighted by Crippen LogP contribution is -2.33. The molecule has 0 bridgehead atoms. The number of piperidine rings is 1. The highest BCUT2D eigenvalue weighted by Gasteiger charge is 2.41. The Labute approximate surface area is 207 Å². The second kappa shape index (κ2) is 9.15. The van der Waals surface area contributed by atoms with Crippen molar-refractivity contribution in [3.05, 3.63) is 76.7 Å². The number of nitrogens with zero attached hydrogens (tertiary/aromatic N) is 2. The van der Waals surface area contributed by atoms with Crippen LogP contribution in [0, 0.1) is 12.8 Å². The Kier molecular flexibility index (Phi) is 5.85. The van der Waals surface area contributed by atoms with E-state index in [-0.39, 0.29) is 17.9 Å². The second-order valence-corrected chi connectivity index (χ2v) is 10.6. The van der Waals surface area contributed by atoms with E-state index in [0.29, 0.717) is 17.5 Å². The number of pyridine rings is 1. The number of nitrogens with one attached hydrogen (secondary N) is 2. The number of hydrogen-bond donors (Lipinski definition) is 2. The highest BCUT2D eigenvalue weighted by molar-refractivity contribution is 5.96. The van der Waals surface area contributed by atoms with Crippen LogP contribution in [-0.2, 0) is 4.74 Å². The molecule has 1 saturated heterocycles. The minimum atomic E-state index is 0.00881. The van der Waals surface area contributed by atoms with Gasteiger partial charge in [-0.15, -0.1) is 0 Å². The number of allylic oxidation sites excluding steroid dienone is 2. The molecule has 3 heterocycles. The number of benzene rings is 1. The number of fused-ring (bicyclic) bond motifs is 3. The summed E-state index contributed by atoms with van der Waals surface area (Å²) in [5.74, 6) is 2.62. The number of likely N-dealkylation sites (tertiary alicyclic amines) is 1. The Bertz CT molecular complexity index is 1190. The summed E-state index contributed by atoms with van der Waals surface area (Å²) in [4.78, 5) is 19.8. The van der Waals surface area contributed by atoms with Gasteiger partial charge in [0.15, 0.2) is 0 Å². The SMILES string of the molecule is Cc1cnc2c(c1)C1C(c3cccc(C(=O)NC4CC4)c3)=CC=C(OCC3CCN(C)CC3)C1N2. The minimum absolute atomic E-state index is 0.00881. The van der Waals surface area contributed by atoms with Crippen molar-refractivity contribution in [1.82, 2.24) is 15.2 Å². The predicted molar refractivity (Wildman–Crippen MR) is 138 cm³/mol. The third-order valence-corrected chi connectivity index (χ3v) is 7.78. The van der Waals surface area contributed by atoms with E-state index in [2.05, 4.69) is 53.8 Å². The van der Waals surface area contributed by atoms with E-state index in [0.717, 1.165) is 55.2 Å². The highest BCUT2D eigenvalue weighted by Crippen LogP contribution is 2.48. The fraction of sp³-hybridized carbons (Fsp3) is 0.448. The molecule has 4 aliphatic rings. The number of carbonyl (C=O) groups excluding carboxylic acids is 1. The molecule has 35 heavy (non-hydrogen) atoms. The molecule has 182 valence electrons. The predicted octanol–water partition coefficient (Wildman–Crippen LogP) is 4.50. The maximum atomic E-state index is 12.7. The van der Waals surface area contributed by atoms with Crippen molar-refractivity contribution in [2.24, 2.45) is 5.92 Å². The van der Waals surface area contributed by atoms with Gasteiger partial charge >= 0.3 is 0 Å². The number of amides is 1. The van der Waals surface area contributed by atoms with Crippen molar-refractivity contribution in [2.75, 3.05) is 32.1 Å². The lowest BCUT2D eigenvalue weighted by Gasteiger charge is -2.32. The quantitative estimate of drug-likeness (QED) is 0.651. The molecular formula is C29H34N4O2.